The Balaban J connectivity index is 2.06. The fraction of sp³-hybridized carbons (Fsp3) is 0.310. The average molecular weight is 669 g/mol. The van der Waals surface area contributed by atoms with Crippen molar-refractivity contribution in [2.45, 2.75) is 38.8 Å². The maximum atomic E-state index is 14.1. The van der Waals surface area contributed by atoms with Crippen LogP contribution in [0.1, 0.15) is 30.9 Å². The minimum Gasteiger partial charge on any atom is -0.354 e. The van der Waals surface area contributed by atoms with Gasteiger partial charge in [-0.25, -0.2) is 8.42 Å². The number of sulfonamides is 1. The summed E-state index contributed by atoms with van der Waals surface area (Å²) in [5, 5.41) is 3.35. The second kappa shape index (κ2) is 14.9. The summed E-state index contributed by atoms with van der Waals surface area (Å²) in [4.78, 5) is 29.1. The SMILES string of the molecule is CCCCNC(=O)[C@@H](Cc1ccccc1)N(Cc1cccc(Br)c1)C(=O)CN(c1cc(Cl)ccc1Cl)S(C)(=O)=O. The van der Waals surface area contributed by atoms with Gasteiger partial charge in [0.05, 0.1) is 17.0 Å². The minimum absolute atomic E-state index is 0.0812. The molecule has 0 aromatic heterocycles. The number of unbranched alkanes of at least 4 members (excludes halogenated alkanes) is 1. The zero-order valence-electron chi connectivity index (χ0n) is 22.3. The van der Waals surface area contributed by atoms with E-state index in [9.17, 15) is 18.0 Å². The van der Waals surface area contributed by atoms with E-state index >= 15 is 0 Å². The number of carbonyl (C=O) groups is 2. The van der Waals surface area contributed by atoms with Gasteiger partial charge in [0.1, 0.15) is 12.6 Å². The number of nitrogens with one attached hydrogen (secondary N) is 1. The molecule has 0 aliphatic heterocycles. The fourth-order valence-electron chi connectivity index (χ4n) is 4.16. The molecule has 11 heteroatoms. The monoisotopic (exact) mass is 667 g/mol. The van der Waals surface area contributed by atoms with Gasteiger partial charge in [0.15, 0.2) is 0 Å². The normalized spacial score (nSPS) is 12.0. The van der Waals surface area contributed by atoms with Crippen LogP contribution >= 0.6 is 39.1 Å². The predicted octanol–water partition coefficient (Wildman–Crippen LogP) is 6.08. The average Bonchev–Trinajstić information content (AvgIpc) is 2.90. The summed E-state index contributed by atoms with van der Waals surface area (Å²) < 4.78 is 27.5. The third kappa shape index (κ3) is 9.23. The molecule has 0 unspecified atom stereocenters. The summed E-state index contributed by atoms with van der Waals surface area (Å²) in [6.07, 6.45) is 2.93. The lowest BCUT2D eigenvalue weighted by atomic mass is 10.0. The highest BCUT2D eigenvalue weighted by atomic mass is 79.9. The molecule has 7 nitrogen and oxygen atoms in total. The summed E-state index contributed by atoms with van der Waals surface area (Å²) in [6, 6.07) is 20.3. The van der Waals surface area contributed by atoms with Gasteiger partial charge in [-0.05, 0) is 47.9 Å². The molecular formula is C29H32BrCl2N3O4S. The molecule has 0 fully saturated rings. The van der Waals surface area contributed by atoms with Crippen molar-refractivity contribution in [3.8, 4) is 0 Å². The third-order valence-corrected chi connectivity index (χ3v) is 8.37. The summed E-state index contributed by atoms with van der Waals surface area (Å²) in [5.74, 6) is -0.875. The van der Waals surface area contributed by atoms with Gasteiger partial charge in [0, 0.05) is 29.0 Å². The molecule has 0 spiro atoms. The van der Waals surface area contributed by atoms with Crippen LogP contribution in [0.2, 0.25) is 10.0 Å². The van der Waals surface area contributed by atoms with Crippen LogP contribution in [-0.2, 0) is 32.6 Å². The van der Waals surface area contributed by atoms with Crippen molar-refractivity contribution in [1.29, 1.82) is 0 Å². The van der Waals surface area contributed by atoms with Crippen molar-refractivity contribution in [3.63, 3.8) is 0 Å². The van der Waals surface area contributed by atoms with Crippen LogP contribution in [0.15, 0.2) is 77.3 Å². The predicted molar refractivity (Wildman–Crippen MR) is 165 cm³/mol. The van der Waals surface area contributed by atoms with E-state index in [1.807, 2.05) is 61.5 Å². The van der Waals surface area contributed by atoms with Crippen LogP contribution in [0.25, 0.3) is 0 Å². The molecule has 40 heavy (non-hydrogen) atoms. The van der Waals surface area contributed by atoms with E-state index in [0.29, 0.717) is 6.54 Å². The molecule has 0 radical (unpaired) electrons. The van der Waals surface area contributed by atoms with E-state index in [-0.39, 0.29) is 34.6 Å². The number of hydrogen-bond donors (Lipinski definition) is 1. The standard InChI is InChI=1S/C29H32BrCl2N3O4S/c1-3-4-15-33-29(37)27(17-21-9-6-5-7-10-21)34(19-22-11-8-12-23(30)16-22)28(36)20-35(40(2,38)39)26-18-24(31)13-14-25(26)32/h5-14,16,18,27H,3-4,15,17,19-20H2,1-2H3,(H,33,37)/t27-/m1/s1. The first-order valence-electron chi connectivity index (χ1n) is 12.8. The third-order valence-electron chi connectivity index (χ3n) is 6.20. The largest absolute Gasteiger partial charge is 0.354 e. The summed E-state index contributed by atoms with van der Waals surface area (Å²) in [7, 11) is -3.95. The Morgan fingerprint density at radius 2 is 1.68 bits per heavy atom. The Labute approximate surface area is 254 Å². The Morgan fingerprint density at radius 1 is 0.975 bits per heavy atom. The molecule has 1 N–H and O–H groups in total. The van der Waals surface area contributed by atoms with E-state index < -0.39 is 28.5 Å². The summed E-state index contributed by atoms with van der Waals surface area (Å²) in [5.41, 5.74) is 1.72. The van der Waals surface area contributed by atoms with Gasteiger partial charge in [0.2, 0.25) is 21.8 Å². The first-order chi connectivity index (χ1) is 19.0. The summed E-state index contributed by atoms with van der Waals surface area (Å²) in [6.45, 7) is 2.00. The van der Waals surface area contributed by atoms with Gasteiger partial charge in [-0.2, -0.15) is 0 Å². The van der Waals surface area contributed by atoms with E-state index in [1.165, 1.54) is 23.1 Å². The van der Waals surface area contributed by atoms with Gasteiger partial charge in [-0.15, -0.1) is 0 Å². The van der Waals surface area contributed by atoms with Gasteiger partial charge < -0.3 is 10.2 Å². The number of hydrogen-bond acceptors (Lipinski definition) is 4. The molecule has 0 aliphatic carbocycles. The first kappa shape index (κ1) is 31.9. The molecule has 3 rings (SSSR count). The van der Waals surface area contributed by atoms with Crippen LogP contribution in [0.3, 0.4) is 0 Å². The Kier molecular flexibility index (Phi) is 11.9. The number of nitrogens with zero attached hydrogens (tertiary/aromatic N) is 2. The topological polar surface area (TPSA) is 86.8 Å². The number of carbonyl (C=O) groups excluding carboxylic acids is 2. The number of amides is 2. The summed E-state index contributed by atoms with van der Waals surface area (Å²) >= 11 is 15.9. The molecule has 0 saturated carbocycles. The lowest BCUT2D eigenvalue weighted by Crippen LogP contribution is -2.53. The van der Waals surface area contributed by atoms with Crippen molar-refractivity contribution >= 4 is 66.7 Å². The number of anilines is 1. The van der Waals surface area contributed by atoms with E-state index in [2.05, 4.69) is 21.2 Å². The maximum absolute atomic E-state index is 14.1. The molecule has 0 aliphatic rings. The smallest absolute Gasteiger partial charge is 0.244 e. The minimum atomic E-state index is -3.95. The maximum Gasteiger partial charge on any atom is 0.244 e. The van der Waals surface area contributed by atoms with Crippen LogP contribution in [-0.4, -0.2) is 50.5 Å². The van der Waals surface area contributed by atoms with E-state index in [1.54, 1.807) is 0 Å². The van der Waals surface area contributed by atoms with Crippen LogP contribution in [0.4, 0.5) is 5.69 Å². The molecular weight excluding hydrogens is 637 g/mol. The molecule has 214 valence electrons. The number of rotatable bonds is 13. The van der Waals surface area contributed by atoms with Crippen LogP contribution in [0.5, 0.6) is 0 Å². The quantitative estimate of drug-likeness (QED) is 0.224. The zero-order valence-corrected chi connectivity index (χ0v) is 26.2. The lowest BCUT2D eigenvalue weighted by Gasteiger charge is -2.33. The highest BCUT2D eigenvalue weighted by Gasteiger charge is 2.33. The zero-order chi connectivity index (χ0) is 29.3. The molecule has 2 amide bonds. The van der Waals surface area contributed by atoms with E-state index in [0.717, 1.165) is 39.0 Å². The number of benzene rings is 3. The molecule has 0 heterocycles. The Morgan fingerprint density at radius 3 is 2.33 bits per heavy atom. The van der Waals surface area contributed by atoms with Crippen molar-refractivity contribution in [2.24, 2.45) is 0 Å². The van der Waals surface area contributed by atoms with Crippen LogP contribution in [0, 0.1) is 0 Å². The van der Waals surface area contributed by atoms with Crippen molar-refractivity contribution in [1.82, 2.24) is 10.2 Å². The molecule has 3 aromatic rings. The van der Waals surface area contributed by atoms with Gasteiger partial charge in [-0.1, -0.05) is 94.9 Å². The molecule has 3 aromatic carbocycles. The van der Waals surface area contributed by atoms with Gasteiger partial charge in [-0.3, -0.25) is 13.9 Å². The molecule has 1 atom stereocenters. The van der Waals surface area contributed by atoms with Gasteiger partial charge >= 0.3 is 0 Å². The van der Waals surface area contributed by atoms with E-state index in [4.69, 9.17) is 23.2 Å². The first-order valence-corrected chi connectivity index (χ1v) is 16.2. The highest BCUT2D eigenvalue weighted by Crippen LogP contribution is 2.31. The number of halogens is 3. The van der Waals surface area contributed by atoms with Crippen molar-refractivity contribution < 1.29 is 18.0 Å². The Bertz CT molecular complexity index is 1420. The lowest BCUT2D eigenvalue weighted by molar-refractivity contribution is -0.140. The fourth-order valence-corrected chi connectivity index (χ4v) is 5.90. The van der Waals surface area contributed by atoms with Crippen molar-refractivity contribution in [2.75, 3.05) is 23.7 Å². The highest BCUT2D eigenvalue weighted by molar-refractivity contribution is 9.10. The van der Waals surface area contributed by atoms with Crippen molar-refractivity contribution in [3.05, 3.63) is 98.4 Å². The molecule has 0 bridgehead atoms. The Hall–Kier alpha value is -2.59. The second-order valence-corrected chi connectivity index (χ2v) is 13.0. The second-order valence-electron chi connectivity index (χ2n) is 9.37. The van der Waals surface area contributed by atoms with Crippen LogP contribution < -0.4 is 9.62 Å². The van der Waals surface area contributed by atoms with Gasteiger partial charge in [0.25, 0.3) is 0 Å². The molecule has 0 saturated heterocycles.